The highest BCUT2D eigenvalue weighted by Gasteiger charge is 2.07. The number of hydrogen-bond donors (Lipinski definition) is 1. The first kappa shape index (κ1) is 9.20. The van der Waals surface area contributed by atoms with Crippen LogP contribution in [0.4, 0.5) is 0 Å². The van der Waals surface area contributed by atoms with E-state index in [1.165, 1.54) is 10.5 Å². The maximum Gasteiger partial charge on any atom is 0.0473 e. The first-order valence-electron chi connectivity index (χ1n) is 3.88. The summed E-state index contributed by atoms with van der Waals surface area (Å²) >= 11 is 1.65. The minimum Gasteiger partial charge on any atom is -0.326 e. The molecule has 0 aromatic heterocycles. The number of nitrogens with one attached hydrogen (secondary N) is 1. The van der Waals surface area contributed by atoms with Crippen LogP contribution in [0.2, 0.25) is 0 Å². The van der Waals surface area contributed by atoms with Gasteiger partial charge in [-0.2, -0.15) is 0 Å². The van der Waals surface area contributed by atoms with Crippen molar-refractivity contribution in [3.05, 3.63) is 47.1 Å². The van der Waals surface area contributed by atoms with E-state index in [1.807, 2.05) is 13.0 Å². The van der Waals surface area contributed by atoms with Gasteiger partial charge in [0.15, 0.2) is 0 Å². The largest absolute Gasteiger partial charge is 0.326 e. The molecule has 0 amide bonds. The highest BCUT2D eigenvalue weighted by molar-refractivity contribution is 8.01. The van der Waals surface area contributed by atoms with Gasteiger partial charge in [-0.25, -0.2) is 0 Å². The second-order valence-corrected chi connectivity index (χ2v) is 3.57. The Morgan fingerprint density at radius 2 is 2.33 bits per heavy atom. The van der Waals surface area contributed by atoms with Crippen molar-refractivity contribution in [2.24, 2.45) is 0 Å². The van der Waals surface area contributed by atoms with Crippen LogP contribution in [0.5, 0.6) is 0 Å². The molecule has 12 heavy (non-hydrogen) atoms. The Bertz CT molecular complexity index is 272. The predicted octanol–water partition coefficient (Wildman–Crippen LogP) is 3.16. The monoisotopic (exact) mass is 179 g/mol. The van der Waals surface area contributed by atoms with E-state index in [0.29, 0.717) is 0 Å². The Hall–Kier alpha value is -0.890. The Labute approximate surface area is 78.1 Å². The molecule has 0 aromatic carbocycles. The summed E-state index contributed by atoms with van der Waals surface area (Å²) < 4.78 is 3.25. The average molecular weight is 179 g/mol. The van der Waals surface area contributed by atoms with Gasteiger partial charge in [-0.15, -0.1) is 0 Å². The molecule has 0 saturated carbocycles. The zero-order valence-electron chi connectivity index (χ0n) is 7.42. The van der Waals surface area contributed by atoms with Gasteiger partial charge in [0.2, 0.25) is 0 Å². The fourth-order valence-corrected chi connectivity index (χ4v) is 1.70. The highest BCUT2D eigenvalue weighted by Crippen LogP contribution is 2.25. The summed E-state index contributed by atoms with van der Waals surface area (Å²) in [6.07, 6.45) is 8.02. The molecule has 1 heterocycles. The van der Waals surface area contributed by atoms with E-state index >= 15 is 0 Å². The molecule has 0 aromatic rings. The summed E-state index contributed by atoms with van der Waals surface area (Å²) in [6, 6.07) is 0. The van der Waals surface area contributed by atoms with Crippen molar-refractivity contribution < 1.29 is 0 Å². The lowest BCUT2D eigenvalue weighted by Crippen LogP contribution is -2.09. The zero-order chi connectivity index (χ0) is 8.97. The summed E-state index contributed by atoms with van der Waals surface area (Å²) in [5, 5.41) is 0. The van der Waals surface area contributed by atoms with Crippen LogP contribution in [0.15, 0.2) is 47.1 Å². The SMILES string of the molecule is C=C/C=C1/C=C(C)SN/C1=C/C. The normalized spacial score (nSPS) is 23.7. The number of hydrogen-bond acceptors (Lipinski definition) is 2. The molecule has 0 aliphatic carbocycles. The van der Waals surface area contributed by atoms with Crippen LogP contribution in [0.3, 0.4) is 0 Å². The van der Waals surface area contributed by atoms with Crippen molar-refractivity contribution in [3.63, 3.8) is 0 Å². The molecule has 1 nitrogen and oxygen atoms in total. The van der Waals surface area contributed by atoms with Crippen molar-refractivity contribution in [1.82, 2.24) is 4.72 Å². The van der Waals surface area contributed by atoms with Gasteiger partial charge in [-0.3, -0.25) is 0 Å². The highest BCUT2D eigenvalue weighted by atomic mass is 32.2. The van der Waals surface area contributed by atoms with Crippen molar-refractivity contribution in [3.8, 4) is 0 Å². The number of rotatable bonds is 1. The fraction of sp³-hybridized carbons (Fsp3) is 0.200. The Morgan fingerprint density at radius 1 is 1.58 bits per heavy atom. The Morgan fingerprint density at radius 3 is 2.92 bits per heavy atom. The molecule has 1 N–H and O–H groups in total. The Balaban J connectivity index is 2.98. The van der Waals surface area contributed by atoms with Gasteiger partial charge in [0.25, 0.3) is 0 Å². The summed E-state index contributed by atoms with van der Waals surface area (Å²) in [6.45, 7) is 7.79. The van der Waals surface area contributed by atoms with E-state index in [4.69, 9.17) is 0 Å². The second kappa shape index (κ2) is 4.21. The Kier molecular flexibility index (Phi) is 3.23. The fourth-order valence-electron chi connectivity index (χ4n) is 1.01. The van der Waals surface area contributed by atoms with Crippen LogP contribution in [0, 0.1) is 0 Å². The van der Waals surface area contributed by atoms with E-state index in [9.17, 15) is 0 Å². The van der Waals surface area contributed by atoms with Crippen molar-refractivity contribution in [1.29, 1.82) is 0 Å². The lowest BCUT2D eigenvalue weighted by molar-refractivity contribution is 1.20. The number of allylic oxidation sites excluding steroid dienone is 5. The molecule has 0 atom stereocenters. The third-order valence-corrected chi connectivity index (χ3v) is 2.34. The molecule has 2 heteroatoms. The molecular formula is C10H13NS. The molecule has 1 aliphatic heterocycles. The van der Waals surface area contributed by atoms with Gasteiger partial charge in [0, 0.05) is 10.6 Å². The lowest BCUT2D eigenvalue weighted by atomic mass is 10.1. The first-order valence-corrected chi connectivity index (χ1v) is 4.70. The van der Waals surface area contributed by atoms with Crippen LogP contribution in [0.25, 0.3) is 0 Å². The minimum atomic E-state index is 1.16. The molecule has 0 fully saturated rings. The quantitative estimate of drug-likeness (QED) is 0.620. The van der Waals surface area contributed by atoms with Crippen LogP contribution < -0.4 is 4.72 Å². The molecule has 1 aliphatic rings. The molecule has 0 spiro atoms. The van der Waals surface area contributed by atoms with Gasteiger partial charge in [0.1, 0.15) is 0 Å². The van der Waals surface area contributed by atoms with Crippen molar-refractivity contribution in [2.45, 2.75) is 13.8 Å². The van der Waals surface area contributed by atoms with Gasteiger partial charge < -0.3 is 4.72 Å². The van der Waals surface area contributed by atoms with Crippen LogP contribution in [-0.2, 0) is 0 Å². The molecule has 1 rings (SSSR count). The second-order valence-electron chi connectivity index (χ2n) is 2.52. The van der Waals surface area contributed by atoms with Gasteiger partial charge in [-0.05, 0) is 37.4 Å². The van der Waals surface area contributed by atoms with E-state index in [-0.39, 0.29) is 0 Å². The minimum absolute atomic E-state index is 1.16. The summed E-state index contributed by atoms with van der Waals surface area (Å²) in [4.78, 5) is 1.27. The average Bonchev–Trinajstić information content (AvgIpc) is 2.05. The molecule has 64 valence electrons. The van der Waals surface area contributed by atoms with E-state index in [2.05, 4.69) is 30.4 Å². The van der Waals surface area contributed by atoms with Gasteiger partial charge in [0.05, 0.1) is 0 Å². The van der Waals surface area contributed by atoms with Crippen LogP contribution in [0.1, 0.15) is 13.8 Å². The van der Waals surface area contributed by atoms with Gasteiger partial charge in [-0.1, -0.05) is 24.8 Å². The molecule has 0 saturated heterocycles. The first-order chi connectivity index (χ1) is 5.77. The van der Waals surface area contributed by atoms with Crippen molar-refractivity contribution in [2.75, 3.05) is 0 Å². The van der Waals surface area contributed by atoms with Gasteiger partial charge >= 0.3 is 0 Å². The molecule has 0 radical (unpaired) electrons. The third-order valence-electron chi connectivity index (χ3n) is 1.58. The van der Waals surface area contributed by atoms with E-state index in [1.54, 1.807) is 18.0 Å². The van der Waals surface area contributed by atoms with Crippen molar-refractivity contribution >= 4 is 11.9 Å². The maximum atomic E-state index is 3.68. The summed E-state index contributed by atoms with van der Waals surface area (Å²) in [7, 11) is 0. The smallest absolute Gasteiger partial charge is 0.0473 e. The molecular weight excluding hydrogens is 166 g/mol. The van der Waals surface area contributed by atoms with Crippen LogP contribution >= 0.6 is 11.9 Å². The maximum absolute atomic E-state index is 3.68. The van der Waals surface area contributed by atoms with E-state index < -0.39 is 0 Å². The van der Waals surface area contributed by atoms with E-state index in [0.717, 1.165) is 5.70 Å². The third kappa shape index (κ3) is 2.05. The standard InChI is InChI=1S/C10H13NS/c1-4-6-9-7-8(3)12-11-10(9)5-2/h4-7,11H,1H2,2-3H3/b9-6-,10-5+. The molecule has 0 bridgehead atoms. The predicted molar refractivity (Wildman–Crippen MR) is 56.5 cm³/mol. The van der Waals surface area contributed by atoms with Crippen LogP contribution in [-0.4, -0.2) is 0 Å². The topological polar surface area (TPSA) is 12.0 Å². The summed E-state index contributed by atoms with van der Waals surface area (Å²) in [5.74, 6) is 0. The molecule has 0 unspecified atom stereocenters. The lowest BCUT2D eigenvalue weighted by Gasteiger charge is -2.16. The zero-order valence-corrected chi connectivity index (χ0v) is 8.24. The summed E-state index contributed by atoms with van der Waals surface area (Å²) in [5.41, 5.74) is 2.36.